The van der Waals surface area contributed by atoms with E-state index in [0.29, 0.717) is 17.1 Å². The summed E-state index contributed by atoms with van der Waals surface area (Å²) in [5.74, 6) is -0.898. The molecule has 0 radical (unpaired) electrons. The number of aromatic carboxylic acids is 1. The minimum absolute atomic E-state index is 0.336. The molecule has 106 valence electrons. The maximum Gasteiger partial charge on any atom is 0.347 e. The smallest absolute Gasteiger partial charge is 0.347 e. The largest absolute Gasteiger partial charge is 0.477 e. The number of rotatable bonds is 6. The van der Waals surface area contributed by atoms with E-state index < -0.39 is 5.97 Å². The molecule has 5 nitrogen and oxygen atoms in total. The van der Waals surface area contributed by atoms with Gasteiger partial charge in [-0.1, -0.05) is 0 Å². The van der Waals surface area contributed by atoms with Gasteiger partial charge in [-0.15, -0.1) is 11.3 Å². The lowest BCUT2D eigenvalue weighted by atomic mass is 10.2. The zero-order valence-corrected chi connectivity index (χ0v) is 12.4. The van der Waals surface area contributed by atoms with Crippen molar-refractivity contribution in [3.63, 3.8) is 0 Å². The minimum atomic E-state index is -0.898. The fraction of sp³-hybridized carbons (Fsp3) is 0.357. The Bertz CT molecular complexity index is 583. The minimum Gasteiger partial charge on any atom is -0.477 e. The van der Waals surface area contributed by atoms with Crippen molar-refractivity contribution in [2.75, 3.05) is 13.6 Å². The molecule has 0 aliphatic heterocycles. The van der Waals surface area contributed by atoms with Gasteiger partial charge in [0, 0.05) is 18.9 Å². The molecule has 0 unspecified atom stereocenters. The van der Waals surface area contributed by atoms with Crippen molar-refractivity contribution in [1.29, 1.82) is 0 Å². The Morgan fingerprint density at radius 1 is 1.40 bits per heavy atom. The van der Waals surface area contributed by atoms with E-state index in [-0.39, 0.29) is 0 Å². The molecular weight excluding hydrogens is 274 g/mol. The summed E-state index contributed by atoms with van der Waals surface area (Å²) in [7, 11) is 2.01. The summed E-state index contributed by atoms with van der Waals surface area (Å²) in [5, 5.41) is 9.86. The van der Waals surface area contributed by atoms with Crippen molar-refractivity contribution >= 4 is 17.3 Å². The molecule has 1 N–H and O–H groups in total. The number of hydrogen-bond donors (Lipinski definition) is 1. The predicted octanol–water partition coefficient (Wildman–Crippen LogP) is 2.22. The first-order chi connectivity index (χ1) is 9.56. The lowest BCUT2D eigenvalue weighted by Crippen LogP contribution is -2.20. The molecule has 0 saturated carbocycles. The number of pyridine rings is 1. The maximum atomic E-state index is 11.0. The molecular formula is C14H17N3O2S. The SMILES string of the molecule is Cc1nc(CN(C)CCc2ccncc2)sc1C(=O)O. The molecule has 0 spiro atoms. The Morgan fingerprint density at radius 2 is 2.10 bits per heavy atom. The Hall–Kier alpha value is -1.79. The summed E-state index contributed by atoms with van der Waals surface area (Å²) in [4.78, 5) is 21.8. The van der Waals surface area contributed by atoms with Crippen LogP contribution in [0.2, 0.25) is 0 Å². The van der Waals surface area contributed by atoms with Gasteiger partial charge in [-0.3, -0.25) is 9.88 Å². The summed E-state index contributed by atoms with van der Waals surface area (Å²) in [6.07, 6.45) is 4.52. The lowest BCUT2D eigenvalue weighted by molar-refractivity contribution is 0.0701. The monoisotopic (exact) mass is 291 g/mol. The van der Waals surface area contributed by atoms with E-state index in [2.05, 4.69) is 14.9 Å². The first-order valence-corrected chi connectivity index (χ1v) is 7.15. The summed E-state index contributed by atoms with van der Waals surface area (Å²) < 4.78 is 0. The summed E-state index contributed by atoms with van der Waals surface area (Å²) in [6, 6.07) is 4.01. The number of nitrogens with zero attached hydrogens (tertiary/aromatic N) is 3. The van der Waals surface area contributed by atoms with Crippen molar-refractivity contribution in [2.24, 2.45) is 0 Å². The Kier molecular flexibility index (Phi) is 4.81. The van der Waals surface area contributed by atoms with Gasteiger partial charge in [0.2, 0.25) is 0 Å². The second-order valence-electron chi connectivity index (χ2n) is 4.67. The van der Waals surface area contributed by atoms with Gasteiger partial charge in [0.15, 0.2) is 0 Å². The molecule has 0 amide bonds. The van der Waals surface area contributed by atoms with Crippen LogP contribution >= 0.6 is 11.3 Å². The highest BCUT2D eigenvalue weighted by Gasteiger charge is 2.14. The van der Waals surface area contributed by atoms with Crippen LogP contribution in [0.4, 0.5) is 0 Å². The van der Waals surface area contributed by atoms with Gasteiger partial charge in [-0.05, 0) is 38.1 Å². The van der Waals surface area contributed by atoms with Gasteiger partial charge in [0.1, 0.15) is 9.88 Å². The third-order valence-corrected chi connectivity index (χ3v) is 4.10. The van der Waals surface area contributed by atoms with E-state index in [9.17, 15) is 4.79 Å². The number of carboxylic acids is 1. The Labute approximate surface area is 121 Å². The van der Waals surface area contributed by atoms with Crippen LogP contribution < -0.4 is 0 Å². The molecule has 2 rings (SSSR count). The molecule has 0 atom stereocenters. The fourth-order valence-corrected chi connectivity index (χ4v) is 2.88. The fourth-order valence-electron chi connectivity index (χ4n) is 1.90. The first kappa shape index (κ1) is 14.6. The number of thiazole rings is 1. The van der Waals surface area contributed by atoms with E-state index in [0.717, 1.165) is 18.0 Å². The van der Waals surface area contributed by atoms with Gasteiger partial charge in [-0.25, -0.2) is 9.78 Å². The van der Waals surface area contributed by atoms with Crippen molar-refractivity contribution in [2.45, 2.75) is 19.9 Å². The topological polar surface area (TPSA) is 66.3 Å². The third-order valence-electron chi connectivity index (χ3n) is 2.97. The third kappa shape index (κ3) is 3.85. The molecule has 6 heteroatoms. The zero-order valence-electron chi connectivity index (χ0n) is 11.5. The highest BCUT2D eigenvalue weighted by molar-refractivity contribution is 7.13. The Balaban J connectivity index is 1.90. The van der Waals surface area contributed by atoms with Crippen molar-refractivity contribution in [3.8, 4) is 0 Å². The lowest BCUT2D eigenvalue weighted by Gasteiger charge is -2.14. The molecule has 0 aromatic carbocycles. The van der Waals surface area contributed by atoms with Crippen LogP contribution in [-0.4, -0.2) is 39.5 Å². The number of likely N-dealkylation sites (N-methyl/N-ethyl adjacent to an activating group) is 1. The van der Waals surface area contributed by atoms with E-state index in [1.54, 1.807) is 19.3 Å². The van der Waals surface area contributed by atoms with Crippen molar-refractivity contribution in [1.82, 2.24) is 14.9 Å². The number of carboxylic acid groups (broad SMARTS) is 1. The maximum absolute atomic E-state index is 11.0. The molecule has 0 aliphatic rings. The number of hydrogen-bond acceptors (Lipinski definition) is 5. The second-order valence-corrected chi connectivity index (χ2v) is 5.75. The zero-order chi connectivity index (χ0) is 14.5. The Morgan fingerprint density at radius 3 is 2.70 bits per heavy atom. The van der Waals surface area contributed by atoms with Gasteiger partial charge in [0.05, 0.1) is 12.2 Å². The summed E-state index contributed by atoms with van der Waals surface area (Å²) >= 11 is 1.26. The standard InChI is InChI=1S/C14H17N3O2S/c1-10-13(14(18)19)20-12(16-10)9-17(2)8-5-11-3-6-15-7-4-11/h3-4,6-7H,5,8-9H2,1-2H3,(H,18,19). The molecule has 20 heavy (non-hydrogen) atoms. The molecule has 2 aromatic heterocycles. The van der Waals surface area contributed by atoms with Crippen molar-refractivity contribution in [3.05, 3.63) is 45.7 Å². The number of aromatic nitrogens is 2. The number of carbonyl (C=O) groups is 1. The van der Waals surface area contributed by atoms with E-state index in [4.69, 9.17) is 5.11 Å². The van der Waals surface area contributed by atoms with E-state index >= 15 is 0 Å². The van der Waals surface area contributed by atoms with E-state index in [1.807, 2.05) is 19.2 Å². The molecule has 0 saturated heterocycles. The van der Waals surface area contributed by atoms with Gasteiger partial charge >= 0.3 is 5.97 Å². The highest BCUT2D eigenvalue weighted by atomic mass is 32.1. The second kappa shape index (κ2) is 6.58. The van der Waals surface area contributed by atoms with Gasteiger partial charge in [-0.2, -0.15) is 0 Å². The summed E-state index contributed by atoms with van der Waals surface area (Å²) in [5.41, 5.74) is 1.84. The van der Waals surface area contributed by atoms with Crippen LogP contribution in [0.5, 0.6) is 0 Å². The number of aryl methyl sites for hydroxylation is 1. The predicted molar refractivity (Wildman–Crippen MR) is 78.1 cm³/mol. The molecule has 0 aliphatic carbocycles. The average Bonchev–Trinajstić information content (AvgIpc) is 2.78. The van der Waals surface area contributed by atoms with Crippen LogP contribution in [0.1, 0.15) is 25.9 Å². The normalized spacial score (nSPS) is 10.9. The average molecular weight is 291 g/mol. The quantitative estimate of drug-likeness (QED) is 0.884. The summed E-state index contributed by atoms with van der Waals surface area (Å²) in [6.45, 7) is 3.30. The van der Waals surface area contributed by atoms with Gasteiger partial charge < -0.3 is 5.11 Å². The molecule has 0 fully saturated rings. The van der Waals surface area contributed by atoms with Crippen molar-refractivity contribution < 1.29 is 9.90 Å². The highest BCUT2D eigenvalue weighted by Crippen LogP contribution is 2.19. The van der Waals surface area contributed by atoms with Crippen LogP contribution in [0.3, 0.4) is 0 Å². The van der Waals surface area contributed by atoms with Crippen LogP contribution in [0.15, 0.2) is 24.5 Å². The van der Waals surface area contributed by atoms with Crippen LogP contribution in [-0.2, 0) is 13.0 Å². The van der Waals surface area contributed by atoms with Gasteiger partial charge in [0.25, 0.3) is 0 Å². The first-order valence-electron chi connectivity index (χ1n) is 6.33. The molecule has 2 heterocycles. The van der Waals surface area contributed by atoms with Crippen LogP contribution in [0.25, 0.3) is 0 Å². The molecule has 0 bridgehead atoms. The van der Waals surface area contributed by atoms with E-state index in [1.165, 1.54) is 16.9 Å². The van der Waals surface area contributed by atoms with Crippen LogP contribution in [0, 0.1) is 6.92 Å². The molecule has 2 aromatic rings.